The zero-order valence-electron chi connectivity index (χ0n) is 18.3. The Hall–Kier alpha value is -3.74. The molecule has 3 aliphatic rings. The van der Waals surface area contributed by atoms with E-state index in [2.05, 4.69) is 9.97 Å². The molecule has 2 aromatic heterocycles. The summed E-state index contributed by atoms with van der Waals surface area (Å²) < 4.78 is 85.5. The number of alkyl halides is 3. The summed E-state index contributed by atoms with van der Waals surface area (Å²) in [6, 6.07) is 5.19. The van der Waals surface area contributed by atoms with Gasteiger partial charge in [-0.1, -0.05) is 0 Å². The minimum Gasteiger partial charge on any atom is -0.473 e. The van der Waals surface area contributed by atoms with Crippen LogP contribution in [0.15, 0.2) is 41.3 Å². The summed E-state index contributed by atoms with van der Waals surface area (Å²) in [4.78, 5) is 21.6. The van der Waals surface area contributed by atoms with Crippen LogP contribution in [0.4, 0.5) is 27.8 Å². The average Bonchev–Trinajstić information content (AvgIpc) is 3.53. The van der Waals surface area contributed by atoms with Crippen LogP contribution in [-0.2, 0) is 24.1 Å². The highest BCUT2D eigenvalue weighted by molar-refractivity contribution is 5.50. The number of ether oxygens (including phenoxy) is 3. The quantitative estimate of drug-likeness (QED) is 0.485. The Bertz CT molecular complexity index is 1390. The highest BCUT2D eigenvalue weighted by atomic mass is 19.4. The Morgan fingerprint density at radius 1 is 1.14 bits per heavy atom. The van der Waals surface area contributed by atoms with Crippen molar-refractivity contribution in [3.8, 4) is 17.4 Å². The highest BCUT2D eigenvalue weighted by Crippen LogP contribution is 2.44. The zero-order valence-corrected chi connectivity index (χ0v) is 18.3. The molecule has 13 heteroatoms. The molecule has 1 aromatic carbocycles. The van der Waals surface area contributed by atoms with Crippen molar-refractivity contribution in [1.29, 1.82) is 0 Å². The van der Waals surface area contributed by atoms with Crippen LogP contribution in [0.5, 0.6) is 17.4 Å². The number of nitrogens with zero attached hydrogens (tertiary/aromatic N) is 4. The van der Waals surface area contributed by atoms with Gasteiger partial charge in [-0.15, -0.1) is 0 Å². The summed E-state index contributed by atoms with van der Waals surface area (Å²) in [7, 11) is 0. The maximum atomic E-state index is 14.6. The van der Waals surface area contributed by atoms with Gasteiger partial charge in [0.2, 0.25) is 5.88 Å². The molecule has 5 heterocycles. The third-order valence-corrected chi connectivity index (χ3v) is 6.51. The molecule has 0 amide bonds. The molecule has 3 aromatic rings. The fourth-order valence-corrected chi connectivity index (χ4v) is 4.90. The third kappa shape index (κ3) is 3.83. The normalized spacial score (nSPS) is 22.0. The Labute approximate surface area is 199 Å². The number of rotatable bonds is 5. The van der Waals surface area contributed by atoms with E-state index in [1.807, 2.05) is 4.90 Å². The first kappa shape index (κ1) is 22.7. The molecule has 3 aliphatic heterocycles. The fraction of sp³-hybridized carbons (Fsp3) is 0.348. The van der Waals surface area contributed by atoms with E-state index in [9.17, 15) is 26.7 Å². The van der Waals surface area contributed by atoms with Crippen molar-refractivity contribution < 1.29 is 36.2 Å². The van der Waals surface area contributed by atoms with Gasteiger partial charge in [-0.2, -0.15) is 18.2 Å². The lowest BCUT2D eigenvalue weighted by molar-refractivity contribution is -0.141. The predicted molar refractivity (Wildman–Crippen MR) is 113 cm³/mol. The lowest BCUT2D eigenvalue weighted by Gasteiger charge is -2.30. The number of hydrogen-bond donors (Lipinski definition) is 0. The maximum Gasteiger partial charge on any atom is 0.433 e. The van der Waals surface area contributed by atoms with Gasteiger partial charge in [0.25, 0.3) is 0 Å². The first-order valence-corrected chi connectivity index (χ1v) is 11.0. The van der Waals surface area contributed by atoms with Crippen molar-refractivity contribution in [2.75, 3.05) is 11.5 Å². The smallest absolute Gasteiger partial charge is 0.433 e. The van der Waals surface area contributed by atoms with E-state index < -0.39 is 40.7 Å². The van der Waals surface area contributed by atoms with Crippen LogP contribution >= 0.6 is 0 Å². The molecule has 3 unspecified atom stereocenters. The Kier molecular flexibility index (Phi) is 5.14. The van der Waals surface area contributed by atoms with Crippen molar-refractivity contribution in [3.05, 3.63) is 69.9 Å². The zero-order chi connectivity index (χ0) is 25.2. The number of fused-ring (bicyclic) bond motifs is 7. The molecule has 6 rings (SSSR count). The van der Waals surface area contributed by atoms with Gasteiger partial charge in [-0.05, 0) is 30.2 Å². The predicted octanol–water partition coefficient (Wildman–Crippen LogP) is 3.87. The van der Waals surface area contributed by atoms with Gasteiger partial charge in [-0.25, -0.2) is 13.6 Å². The number of benzene rings is 1. The van der Waals surface area contributed by atoms with E-state index >= 15 is 0 Å². The summed E-state index contributed by atoms with van der Waals surface area (Å²) in [6.07, 6.45) is -3.13. The van der Waals surface area contributed by atoms with Gasteiger partial charge < -0.3 is 19.1 Å². The monoisotopic (exact) mass is 508 g/mol. The molecular formula is C23H17F5N4O4. The van der Waals surface area contributed by atoms with Crippen LogP contribution in [-0.4, -0.2) is 33.4 Å². The second-order valence-corrected chi connectivity index (χ2v) is 8.76. The summed E-state index contributed by atoms with van der Waals surface area (Å²) >= 11 is 0. The molecule has 0 N–H and O–H groups in total. The number of aromatic nitrogens is 3. The van der Waals surface area contributed by atoms with Gasteiger partial charge in [0.1, 0.15) is 30.1 Å². The summed E-state index contributed by atoms with van der Waals surface area (Å²) in [6.45, 7) is 0.863. The fourth-order valence-electron chi connectivity index (χ4n) is 4.90. The second kappa shape index (κ2) is 8.15. The van der Waals surface area contributed by atoms with Crippen LogP contribution in [0.1, 0.15) is 17.7 Å². The molecule has 2 bridgehead atoms. The van der Waals surface area contributed by atoms with Crippen molar-refractivity contribution >= 4 is 5.82 Å². The minimum atomic E-state index is -4.74. The standard InChI is InChI=1S/C23H17F5N4O4/c24-14-3-11(4-15(25)21(14)36-13-1-2-29-17(6-13)23(26,27)28)9-34-18-7-19-31(22(33)30-18)8-16-12-5-20(32(16)19)35-10-12/h1-4,6-7,12,16,20H,5,8-10H2. The molecule has 0 saturated carbocycles. The molecule has 188 valence electrons. The van der Waals surface area contributed by atoms with Crippen molar-refractivity contribution in [3.63, 3.8) is 0 Å². The van der Waals surface area contributed by atoms with Crippen molar-refractivity contribution in [1.82, 2.24) is 14.5 Å². The Morgan fingerprint density at radius 2 is 1.92 bits per heavy atom. The molecule has 2 fully saturated rings. The largest absolute Gasteiger partial charge is 0.473 e. The first-order chi connectivity index (χ1) is 17.2. The first-order valence-electron chi connectivity index (χ1n) is 11.0. The van der Waals surface area contributed by atoms with Crippen LogP contribution < -0.4 is 20.1 Å². The van der Waals surface area contributed by atoms with Gasteiger partial charge >= 0.3 is 11.9 Å². The molecule has 36 heavy (non-hydrogen) atoms. The van der Waals surface area contributed by atoms with E-state index in [1.165, 1.54) is 0 Å². The molecular weight excluding hydrogens is 491 g/mol. The van der Waals surface area contributed by atoms with Gasteiger partial charge in [-0.3, -0.25) is 9.55 Å². The van der Waals surface area contributed by atoms with Gasteiger partial charge in [0.15, 0.2) is 17.4 Å². The number of anilines is 1. The Balaban J connectivity index is 1.19. The SMILES string of the molecule is O=c1nc(OCc2cc(F)c(Oc3ccnc(C(F)(F)F)c3)c(F)c2)cc2n1CC1C3COC(C3)N21. The molecule has 0 spiro atoms. The molecule has 0 radical (unpaired) electrons. The summed E-state index contributed by atoms with van der Waals surface area (Å²) in [5, 5.41) is 0. The lowest BCUT2D eigenvalue weighted by Crippen LogP contribution is -2.41. The third-order valence-electron chi connectivity index (χ3n) is 6.51. The number of pyridine rings is 1. The van der Waals surface area contributed by atoms with E-state index in [0.717, 1.165) is 30.8 Å². The van der Waals surface area contributed by atoms with Crippen LogP contribution in [0, 0.1) is 17.6 Å². The topological polar surface area (TPSA) is 78.7 Å². The average molecular weight is 508 g/mol. The van der Waals surface area contributed by atoms with E-state index in [1.54, 1.807) is 10.6 Å². The van der Waals surface area contributed by atoms with E-state index in [-0.39, 0.29) is 30.3 Å². The van der Waals surface area contributed by atoms with Crippen molar-refractivity contribution in [2.24, 2.45) is 5.92 Å². The Morgan fingerprint density at radius 3 is 2.67 bits per heavy atom. The molecule has 0 aliphatic carbocycles. The van der Waals surface area contributed by atoms with E-state index in [0.29, 0.717) is 31.0 Å². The summed E-state index contributed by atoms with van der Waals surface area (Å²) in [5.41, 5.74) is -1.69. The number of hydrogen-bond acceptors (Lipinski definition) is 7. The van der Waals surface area contributed by atoms with E-state index in [4.69, 9.17) is 14.2 Å². The van der Waals surface area contributed by atoms with Crippen molar-refractivity contribution in [2.45, 2.75) is 38.0 Å². The molecule has 8 nitrogen and oxygen atoms in total. The van der Waals surface area contributed by atoms with Gasteiger partial charge in [0.05, 0.1) is 19.2 Å². The molecule has 3 atom stereocenters. The van der Waals surface area contributed by atoms with Crippen LogP contribution in [0.25, 0.3) is 0 Å². The second-order valence-electron chi connectivity index (χ2n) is 8.76. The van der Waals surface area contributed by atoms with Crippen LogP contribution in [0.2, 0.25) is 0 Å². The number of halogens is 5. The molecule has 2 saturated heterocycles. The lowest BCUT2D eigenvalue weighted by atomic mass is 10.0. The highest BCUT2D eigenvalue weighted by Gasteiger charge is 2.51. The maximum absolute atomic E-state index is 14.6. The van der Waals surface area contributed by atoms with Crippen LogP contribution in [0.3, 0.4) is 0 Å². The summed E-state index contributed by atoms with van der Waals surface area (Å²) in [5.74, 6) is -2.63. The van der Waals surface area contributed by atoms with Gasteiger partial charge in [0, 0.05) is 24.2 Å². The minimum absolute atomic E-state index is 0.00715.